The summed E-state index contributed by atoms with van der Waals surface area (Å²) in [5.74, 6) is 3.40. The Hall–Kier alpha value is -0.380. The molecule has 4 heteroatoms. The molecule has 0 radical (unpaired) electrons. The van der Waals surface area contributed by atoms with Crippen molar-refractivity contribution in [1.29, 1.82) is 0 Å². The predicted octanol–water partition coefficient (Wildman–Crippen LogP) is 4.32. The summed E-state index contributed by atoms with van der Waals surface area (Å²) < 4.78 is 24.7. The third kappa shape index (κ3) is 5.88. The van der Waals surface area contributed by atoms with Crippen LogP contribution < -0.4 is 0 Å². The number of ether oxygens (including phenoxy) is 3. The van der Waals surface area contributed by atoms with E-state index in [0.29, 0.717) is 12.0 Å². The van der Waals surface area contributed by atoms with Crippen LogP contribution in [0.25, 0.3) is 0 Å². The van der Waals surface area contributed by atoms with Gasteiger partial charge < -0.3 is 14.2 Å². The summed E-state index contributed by atoms with van der Waals surface area (Å²) >= 11 is 0. The zero-order valence-corrected chi connectivity index (χ0v) is 14.7. The van der Waals surface area contributed by atoms with Gasteiger partial charge in [-0.25, -0.2) is 0 Å². The van der Waals surface area contributed by atoms with Crippen LogP contribution in [0.2, 0.25) is 0 Å². The molecule has 0 aromatic rings. The Morgan fingerprint density at radius 2 is 1.22 bits per heavy atom. The van der Waals surface area contributed by atoms with E-state index in [-0.39, 0.29) is 0 Å². The molecule has 0 bridgehead atoms. The normalized spacial score (nSPS) is 41.6. The van der Waals surface area contributed by atoms with Crippen LogP contribution in [0.5, 0.6) is 0 Å². The fourth-order valence-corrected chi connectivity index (χ4v) is 4.27. The quantitative estimate of drug-likeness (QED) is 0.574. The summed E-state index contributed by atoms with van der Waals surface area (Å²) in [6.07, 6.45) is 11.2. The van der Waals surface area contributed by atoms with Gasteiger partial charge >= 0.3 is 11.3 Å². The van der Waals surface area contributed by atoms with Crippen LogP contribution in [0.3, 0.4) is 0 Å². The van der Waals surface area contributed by atoms with Crippen molar-refractivity contribution >= 4 is 0 Å². The number of rotatable bonds is 3. The maximum absolute atomic E-state index is 7.50. The van der Waals surface area contributed by atoms with Gasteiger partial charge in [0.15, 0.2) is 0 Å². The van der Waals surface area contributed by atoms with Crippen molar-refractivity contribution in [3.05, 3.63) is 6.65 Å². The molecule has 1 heterocycles. The molecule has 0 atom stereocenters. The molecular formula is C19H32O4. The molecule has 3 aliphatic rings. The third-order valence-electron chi connectivity index (χ3n) is 5.78. The van der Waals surface area contributed by atoms with Crippen molar-refractivity contribution in [3.8, 4) is 0 Å². The van der Waals surface area contributed by atoms with Gasteiger partial charge in [-0.1, -0.05) is 26.7 Å². The first-order valence-corrected chi connectivity index (χ1v) is 9.29. The van der Waals surface area contributed by atoms with E-state index in [0.717, 1.165) is 31.0 Å². The molecule has 132 valence electrons. The van der Waals surface area contributed by atoms with Crippen molar-refractivity contribution in [2.75, 3.05) is 13.2 Å². The molecular weight excluding hydrogens is 292 g/mol. The molecule has 3 rings (SSSR count). The Kier molecular flexibility index (Phi) is 8.08. The van der Waals surface area contributed by atoms with Crippen LogP contribution in [0.4, 0.5) is 0 Å². The second-order valence-corrected chi connectivity index (χ2v) is 7.75. The summed E-state index contributed by atoms with van der Waals surface area (Å²) in [5.41, 5.74) is 0. The van der Waals surface area contributed by atoms with Crippen LogP contribution in [0.15, 0.2) is 0 Å². The van der Waals surface area contributed by atoms with Gasteiger partial charge in [0.05, 0.1) is 19.3 Å². The molecule has 0 amide bonds. The Bertz CT molecular complexity index is 333. The Morgan fingerprint density at radius 3 is 1.74 bits per heavy atom. The van der Waals surface area contributed by atoms with Gasteiger partial charge in [-0.05, 0) is 56.3 Å². The van der Waals surface area contributed by atoms with Crippen LogP contribution >= 0.6 is 0 Å². The summed E-state index contributed by atoms with van der Waals surface area (Å²) in [4.78, 5) is 0. The fourth-order valence-electron chi connectivity index (χ4n) is 4.27. The molecule has 1 aliphatic heterocycles. The average molecular weight is 324 g/mol. The topological polar surface area (TPSA) is 47.6 Å². The molecule has 0 N–H and O–H groups in total. The van der Waals surface area contributed by atoms with Crippen molar-refractivity contribution in [2.45, 2.75) is 77.8 Å². The monoisotopic (exact) mass is 324 g/mol. The van der Waals surface area contributed by atoms with E-state index in [1.54, 1.807) is 0 Å². The molecule has 23 heavy (non-hydrogen) atoms. The minimum absolute atomic E-state index is 0.349. The van der Waals surface area contributed by atoms with Gasteiger partial charge in [-0.3, -0.25) is 0 Å². The van der Waals surface area contributed by atoms with E-state index in [1.807, 2.05) is 0 Å². The molecule has 1 saturated heterocycles. The molecule has 0 aromatic carbocycles. The minimum atomic E-state index is -0.404. The van der Waals surface area contributed by atoms with Gasteiger partial charge in [0.2, 0.25) is 0 Å². The SMILES string of the molecule is CC1CCC(C2CCC(OC3OCC(C)CO3)CC2)CC1.[C-]#[O+]. The first kappa shape index (κ1) is 19.0. The average Bonchev–Trinajstić information content (AvgIpc) is 2.60. The maximum atomic E-state index is 7.50. The van der Waals surface area contributed by atoms with Gasteiger partial charge in [0, 0.05) is 5.92 Å². The molecule has 4 nitrogen and oxygen atoms in total. The van der Waals surface area contributed by atoms with Crippen molar-refractivity contribution < 1.29 is 18.9 Å². The molecule has 2 saturated carbocycles. The molecule has 0 spiro atoms. The summed E-state index contributed by atoms with van der Waals surface area (Å²) in [7, 11) is 0. The third-order valence-corrected chi connectivity index (χ3v) is 5.78. The van der Waals surface area contributed by atoms with Crippen molar-refractivity contribution in [1.82, 2.24) is 0 Å². The van der Waals surface area contributed by atoms with E-state index in [9.17, 15) is 0 Å². The fraction of sp³-hybridized carbons (Fsp3) is 0.947. The second kappa shape index (κ2) is 9.80. The Balaban J connectivity index is 0.000000924. The Labute approximate surface area is 141 Å². The molecule has 2 aliphatic carbocycles. The predicted molar refractivity (Wildman–Crippen MR) is 86.7 cm³/mol. The van der Waals surface area contributed by atoms with Gasteiger partial charge in [-0.15, -0.1) is 0 Å². The number of hydrogen-bond acceptors (Lipinski definition) is 3. The zero-order chi connectivity index (χ0) is 16.7. The van der Waals surface area contributed by atoms with Crippen LogP contribution in [0, 0.1) is 30.3 Å². The standard InChI is InChI=1S/C18H32O3.CO/c1-13-3-5-15(6-4-13)16-7-9-17(10-8-16)21-18-19-11-14(2)12-20-18;1-2/h13-18H,3-12H2,1-2H3;. The first-order valence-electron chi connectivity index (χ1n) is 9.29. The summed E-state index contributed by atoms with van der Waals surface area (Å²) in [5, 5.41) is 0. The van der Waals surface area contributed by atoms with Crippen LogP contribution in [-0.2, 0) is 18.9 Å². The van der Waals surface area contributed by atoms with Gasteiger partial charge in [-0.2, -0.15) is 0 Å². The van der Waals surface area contributed by atoms with Crippen LogP contribution in [0.1, 0.15) is 65.2 Å². The van der Waals surface area contributed by atoms with E-state index in [2.05, 4.69) is 20.5 Å². The van der Waals surface area contributed by atoms with E-state index in [4.69, 9.17) is 18.9 Å². The van der Waals surface area contributed by atoms with Crippen molar-refractivity contribution in [2.24, 2.45) is 23.7 Å². The molecule has 3 fully saturated rings. The second-order valence-electron chi connectivity index (χ2n) is 7.75. The van der Waals surface area contributed by atoms with Gasteiger partial charge in [0.25, 0.3) is 6.48 Å². The zero-order valence-electron chi connectivity index (χ0n) is 14.7. The van der Waals surface area contributed by atoms with Gasteiger partial charge in [0.1, 0.15) is 0 Å². The molecule has 0 unspecified atom stereocenters. The summed E-state index contributed by atoms with van der Waals surface area (Å²) in [6, 6.07) is 0. The summed E-state index contributed by atoms with van der Waals surface area (Å²) in [6.45, 7) is 10.2. The van der Waals surface area contributed by atoms with E-state index < -0.39 is 6.48 Å². The van der Waals surface area contributed by atoms with E-state index in [1.165, 1.54) is 51.4 Å². The van der Waals surface area contributed by atoms with Crippen LogP contribution in [-0.4, -0.2) is 25.8 Å². The van der Waals surface area contributed by atoms with E-state index >= 15 is 0 Å². The number of hydrogen-bond donors (Lipinski definition) is 0. The first-order chi connectivity index (χ1) is 11.2. The Morgan fingerprint density at radius 1 is 0.739 bits per heavy atom. The molecule has 0 aromatic heterocycles. The van der Waals surface area contributed by atoms with Crippen molar-refractivity contribution in [3.63, 3.8) is 0 Å².